The third kappa shape index (κ3) is 3.43. The van der Waals surface area contributed by atoms with Crippen molar-refractivity contribution >= 4 is 5.91 Å². The highest BCUT2D eigenvalue weighted by atomic mass is 16.5. The molecule has 5 heteroatoms. The van der Waals surface area contributed by atoms with Gasteiger partial charge >= 0.3 is 0 Å². The molecule has 1 rings (SSSR count). The van der Waals surface area contributed by atoms with Gasteiger partial charge in [-0.1, -0.05) is 0 Å². The molecule has 0 radical (unpaired) electrons. The average molecular weight is 229 g/mol. The monoisotopic (exact) mass is 229 g/mol. The number of likely N-dealkylation sites (tertiary alicyclic amines) is 1. The molecule has 3 N–H and O–H groups in total. The highest BCUT2D eigenvalue weighted by molar-refractivity contribution is 5.80. The molecule has 0 aromatic heterocycles. The van der Waals surface area contributed by atoms with Crippen LogP contribution < -0.4 is 11.1 Å². The number of nitrogens with two attached hydrogens (primary N) is 1. The van der Waals surface area contributed by atoms with Crippen LogP contribution in [0.3, 0.4) is 0 Å². The summed E-state index contributed by atoms with van der Waals surface area (Å²) in [5, 5.41) is 2.94. The van der Waals surface area contributed by atoms with Crippen molar-refractivity contribution < 1.29 is 9.53 Å². The summed E-state index contributed by atoms with van der Waals surface area (Å²) in [6.07, 6.45) is 2.17. The Balaban J connectivity index is 2.51. The largest absolute Gasteiger partial charge is 0.377 e. The summed E-state index contributed by atoms with van der Waals surface area (Å²) in [5.41, 5.74) is 5.22. The van der Waals surface area contributed by atoms with Gasteiger partial charge in [-0.2, -0.15) is 0 Å². The van der Waals surface area contributed by atoms with Gasteiger partial charge in [-0.25, -0.2) is 0 Å². The molecule has 1 fully saturated rings. The van der Waals surface area contributed by atoms with Gasteiger partial charge in [0, 0.05) is 20.2 Å². The summed E-state index contributed by atoms with van der Waals surface area (Å²) in [7, 11) is 3.50. The van der Waals surface area contributed by atoms with E-state index >= 15 is 0 Å². The van der Waals surface area contributed by atoms with Crippen molar-refractivity contribution in [2.75, 3.05) is 33.8 Å². The summed E-state index contributed by atoms with van der Waals surface area (Å²) < 4.78 is 5.51. The van der Waals surface area contributed by atoms with E-state index in [-0.39, 0.29) is 17.6 Å². The third-order valence-electron chi connectivity index (χ3n) is 3.36. The van der Waals surface area contributed by atoms with Crippen LogP contribution in [-0.4, -0.2) is 56.2 Å². The molecule has 1 amide bonds. The molecular formula is C11H23N3O2. The van der Waals surface area contributed by atoms with Crippen molar-refractivity contribution in [3.8, 4) is 0 Å². The van der Waals surface area contributed by atoms with Gasteiger partial charge in [0.25, 0.3) is 0 Å². The lowest BCUT2D eigenvalue weighted by molar-refractivity contribution is -0.121. The number of amides is 1. The molecule has 16 heavy (non-hydrogen) atoms. The second kappa shape index (κ2) is 5.61. The second-order valence-corrected chi connectivity index (χ2v) is 4.74. The first-order chi connectivity index (χ1) is 7.50. The number of nitrogens with one attached hydrogen (secondary N) is 1. The van der Waals surface area contributed by atoms with E-state index in [1.165, 1.54) is 0 Å². The number of ether oxygens (including phenoxy) is 1. The van der Waals surface area contributed by atoms with Crippen LogP contribution in [0.25, 0.3) is 0 Å². The number of carbonyl (C=O) groups is 1. The molecule has 0 saturated carbocycles. The van der Waals surface area contributed by atoms with Gasteiger partial charge in [0.15, 0.2) is 0 Å². The minimum atomic E-state index is -0.299. The van der Waals surface area contributed by atoms with Crippen LogP contribution in [0, 0.1) is 0 Å². The Kier molecular flexibility index (Phi) is 4.70. The number of rotatable bonds is 5. The Morgan fingerprint density at radius 3 is 2.88 bits per heavy atom. The van der Waals surface area contributed by atoms with Gasteiger partial charge in [0.05, 0.1) is 11.6 Å². The Bertz CT molecular complexity index is 247. The fourth-order valence-corrected chi connectivity index (χ4v) is 2.21. The van der Waals surface area contributed by atoms with Crippen LogP contribution in [0.2, 0.25) is 0 Å². The zero-order chi connectivity index (χ0) is 12.2. The molecule has 0 aliphatic carbocycles. The van der Waals surface area contributed by atoms with Crippen LogP contribution in [0.15, 0.2) is 0 Å². The topological polar surface area (TPSA) is 67.6 Å². The van der Waals surface area contributed by atoms with E-state index < -0.39 is 0 Å². The van der Waals surface area contributed by atoms with Crippen molar-refractivity contribution in [1.29, 1.82) is 0 Å². The third-order valence-corrected chi connectivity index (χ3v) is 3.36. The molecule has 2 atom stereocenters. The van der Waals surface area contributed by atoms with Gasteiger partial charge in [-0.15, -0.1) is 0 Å². The highest BCUT2D eigenvalue weighted by Crippen LogP contribution is 2.23. The minimum Gasteiger partial charge on any atom is -0.377 e. The average Bonchev–Trinajstić information content (AvgIpc) is 2.25. The maximum atomic E-state index is 11.1. The molecule has 1 aliphatic rings. The summed E-state index contributed by atoms with van der Waals surface area (Å²) in [6.45, 7) is 4.63. The zero-order valence-corrected chi connectivity index (χ0v) is 10.5. The van der Waals surface area contributed by atoms with Crippen LogP contribution in [0.5, 0.6) is 0 Å². The Morgan fingerprint density at radius 2 is 2.38 bits per heavy atom. The Labute approximate surface area is 97.3 Å². The van der Waals surface area contributed by atoms with Gasteiger partial charge in [-0.05, 0) is 33.4 Å². The van der Waals surface area contributed by atoms with E-state index in [0.29, 0.717) is 6.54 Å². The van der Waals surface area contributed by atoms with Crippen LogP contribution in [-0.2, 0) is 9.53 Å². The van der Waals surface area contributed by atoms with Crippen LogP contribution >= 0.6 is 0 Å². The molecule has 1 aliphatic heterocycles. The molecule has 94 valence electrons. The number of piperidine rings is 1. The van der Waals surface area contributed by atoms with Gasteiger partial charge in [0.1, 0.15) is 0 Å². The van der Waals surface area contributed by atoms with Crippen LogP contribution in [0.4, 0.5) is 0 Å². The molecule has 2 unspecified atom stereocenters. The first-order valence-electron chi connectivity index (χ1n) is 5.75. The predicted octanol–water partition coefficient (Wildman–Crippen LogP) is -0.439. The number of hydrogen-bond donors (Lipinski definition) is 2. The van der Waals surface area contributed by atoms with E-state index in [4.69, 9.17) is 10.5 Å². The van der Waals surface area contributed by atoms with E-state index in [0.717, 1.165) is 25.9 Å². The SMILES string of the molecule is CNC(CN1CCCC(C)(OC)C1)C(N)=O. The summed E-state index contributed by atoms with van der Waals surface area (Å²) in [4.78, 5) is 13.4. The number of hydrogen-bond acceptors (Lipinski definition) is 4. The molecule has 0 aromatic rings. The van der Waals surface area contributed by atoms with E-state index in [2.05, 4.69) is 17.1 Å². The van der Waals surface area contributed by atoms with Crippen LogP contribution in [0.1, 0.15) is 19.8 Å². The molecule has 0 bridgehead atoms. The van der Waals surface area contributed by atoms with Gasteiger partial charge in [-0.3, -0.25) is 9.69 Å². The van der Waals surface area contributed by atoms with Crippen molar-refractivity contribution in [3.63, 3.8) is 0 Å². The fourth-order valence-electron chi connectivity index (χ4n) is 2.21. The maximum absolute atomic E-state index is 11.1. The van der Waals surface area contributed by atoms with E-state index in [1.54, 1.807) is 14.2 Å². The van der Waals surface area contributed by atoms with Gasteiger partial charge < -0.3 is 15.8 Å². The fraction of sp³-hybridized carbons (Fsp3) is 0.909. The van der Waals surface area contributed by atoms with Crippen molar-refractivity contribution in [2.45, 2.75) is 31.4 Å². The van der Waals surface area contributed by atoms with Crippen molar-refractivity contribution in [1.82, 2.24) is 10.2 Å². The van der Waals surface area contributed by atoms with E-state index in [9.17, 15) is 4.79 Å². The Hall–Kier alpha value is -0.650. The number of nitrogens with zero attached hydrogens (tertiary/aromatic N) is 1. The molecule has 0 aromatic carbocycles. The molecular weight excluding hydrogens is 206 g/mol. The molecule has 5 nitrogen and oxygen atoms in total. The first-order valence-corrected chi connectivity index (χ1v) is 5.75. The standard InChI is InChI=1S/C11H23N3O2/c1-11(16-3)5-4-6-14(8-11)7-9(13-2)10(12)15/h9,13H,4-8H2,1-3H3,(H2,12,15). The van der Waals surface area contributed by atoms with E-state index in [1.807, 2.05) is 0 Å². The minimum absolute atomic E-state index is 0.0891. The van der Waals surface area contributed by atoms with Crippen molar-refractivity contribution in [3.05, 3.63) is 0 Å². The lowest BCUT2D eigenvalue weighted by atomic mass is 9.94. The number of likely N-dealkylation sites (N-methyl/N-ethyl adjacent to an activating group) is 1. The number of methoxy groups -OCH3 is 1. The summed E-state index contributed by atoms with van der Waals surface area (Å²) in [5.74, 6) is -0.299. The lowest BCUT2D eigenvalue weighted by Gasteiger charge is -2.40. The predicted molar refractivity (Wildman–Crippen MR) is 63.1 cm³/mol. The normalized spacial score (nSPS) is 28.9. The summed E-state index contributed by atoms with van der Waals surface area (Å²) in [6, 6.07) is -0.279. The zero-order valence-electron chi connectivity index (χ0n) is 10.5. The molecule has 0 spiro atoms. The molecule has 1 heterocycles. The quantitative estimate of drug-likeness (QED) is 0.671. The summed E-state index contributed by atoms with van der Waals surface area (Å²) >= 11 is 0. The van der Waals surface area contributed by atoms with Crippen molar-refractivity contribution in [2.24, 2.45) is 5.73 Å². The second-order valence-electron chi connectivity index (χ2n) is 4.74. The lowest BCUT2D eigenvalue weighted by Crippen LogP contribution is -2.54. The smallest absolute Gasteiger partial charge is 0.235 e. The molecule has 1 saturated heterocycles. The van der Waals surface area contributed by atoms with Gasteiger partial charge in [0.2, 0.25) is 5.91 Å². The number of carbonyl (C=O) groups excluding carboxylic acids is 1. The highest BCUT2D eigenvalue weighted by Gasteiger charge is 2.32. The maximum Gasteiger partial charge on any atom is 0.235 e. The number of primary amides is 1. The Morgan fingerprint density at radius 1 is 1.69 bits per heavy atom. The first kappa shape index (κ1) is 13.4.